The Morgan fingerprint density at radius 2 is 1.74 bits per heavy atom. The lowest BCUT2D eigenvalue weighted by atomic mass is 10.1. The summed E-state index contributed by atoms with van der Waals surface area (Å²) in [4.78, 5) is 12.5. The minimum Gasteiger partial charge on any atom is -0.489 e. The van der Waals surface area contributed by atoms with E-state index in [9.17, 15) is 4.79 Å². The van der Waals surface area contributed by atoms with Crippen molar-refractivity contribution in [3.63, 3.8) is 0 Å². The molecule has 0 aromatic heterocycles. The van der Waals surface area contributed by atoms with Gasteiger partial charge in [0, 0.05) is 11.1 Å². The molecule has 1 aliphatic rings. The van der Waals surface area contributed by atoms with Gasteiger partial charge in [-0.1, -0.05) is 53.6 Å². The molecule has 134 valence electrons. The van der Waals surface area contributed by atoms with E-state index in [2.05, 4.69) is 0 Å². The minimum atomic E-state index is -0.116. The maximum Gasteiger partial charge on any atom is 0.231 e. The van der Waals surface area contributed by atoms with E-state index in [1.54, 1.807) is 24.3 Å². The summed E-state index contributed by atoms with van der Waals surface area (Å²) in [5, 5.41) is 0.691. The fraction of sp³-hybridized carbons (Fsp3) is 0.0870. The number of halogens is 1. The van der Waals surface area contributed by atoms with Crippen molar-refractivity contribution in [1.82, 2.24) is 0 Å². The summed E-state index contributed by atoms with van der Waals surface area (Å²) in [6, 6.07) is 20.7. The molecule has 0 atom stereocenters. The van der Waals surface area contributed by atoms with Crippen LogP contribution in [-0.4, -0.2) is 5.78 Å². The van der Waals surface area contributed by atoms with Crippen LogP contribution in [0.4, 0.5) is 0 Å². The lowest BCUT2D eigenvalue weighted by Crippen LogP contribution is -1.98. The van der Waals surface area contributed by atoms with Crippen molar-refractivity contribution in [3.8, 4) is 11.5 Å². The Kier molecular flexibility index (Phi) is 4.69. The highest BCUT2D eigenvalue weighted by molar-refractivity contribution is 6.30. The molecule has 0 radical (unpaired) electrons. The van der Waals surface area contributed by atoms with Crippen LogP contribution >= 0.6 is 11.6 Å². The summed E-state index contributed by atoms with van der Waals surface area (Å²) in [5.41, 5.74) is 3.65. The fourth-order valence-electron chi connectivity index (χ4n) is 2.82. The van der Waals surface area contributed by atoms with Crippen LogP contribution in [0.1, 0.15) is 27.0 Å². The Labute approximate surface area is 162 Å². The molecule has 0 amide bonds. The maximum absolute atomic E-state index is 12.5. The average molecular weight is 377 g/mol. The second kappa shape index (κ2) is 7.29. The number of ether oxygens (including phenoxy) is 2. The van der Waals surface area contributed by atoms with Crippen molar-refractivity contribution in [2.45, 2.75) is 13.5 Å². The van der Waals surface area contributed by atoms with Gasteiger partial charge in [0.25, 0.3) is 0 Å². The largest absolute Gasteiger partial charge is 0.489 e. The van der Waals surface area contributed by atoms with E-state index >= 15 is 0 Å². The Morgan fingerprint density at radius 1 is 1.00 bits per heavy atom. The van der Waals surface area contributed by atoms with Gasteiger partial charge >= 0.3 is 0 Å². The average Bonchev–Trinajstić information content (AvgIpc) is 2.98. The number of allylic oxidation sites excluding steroid dienone is 1. The van der Waals surface area contributed by atoms with Gasteiger partial charge < -0.3 is 9.47 Å². The number of benzene rings is 3. The van der Waals surface area contributed by atoms with Crippen LogP contribution in [0.15, 0.2) is 72.5 Å². The molecule has 3 aromatic carbocycles. The van der Waals surface area contributed by atoms with Crippen molar-refractivity contribution < 1.29 is 14.3 Å². The zero-order valence-corrected chi connectivity index (χ0v) is 15.5. The summed E-state index contributed by atoms with van der Waals surface area (Å²) >= 11 is 5.89. The van der Waals surface area contributed by atoms with Gasteiger partial charge in [-0.3, -0.25) is 4.79 Å². The standard InChI is InChI=1S/C23H17ClO3/c1-15-2-4-16(5-3-15)12-22-23(25)20-11-10-19(13-21(20)27-22)26-14-17-6-8-18(24)9-7-17/h2-13H,14H2,1H3/b22-12-. The molecule has 0 spiro atoms. The van der Waals surface area contributed by atoms with Crippen molar-refractivity contribution in [1.29, 1.82) is 0 Å². The number of rotatable bonds is 4. The first-order chi connectivity index (χ1) is 13.1. The highest BCUT2D eigenvalue weighted by Crippen LogP contribution is 2.35. The number of carbonyl (C=O) groups is 1. The van der Waals surface area contributed by atoms with E-state index < -0.39 is 0 Å². The summed E-state index contributed by atoms with van der Waals surface area (Å²) in [5.74, 6) is 1.37. The van der Waals surface area contributed by atoms with Crippen molar-refractivity contribution in [3.05, 3.63) is 99.8 Å². The molecule has 0 unspecified atom stereocenters. The number of Topliss-reactive ketones (excluding diaryl/α,β-unsaturated/α-hetero) is 1. The molecular formula is C23H17ClO3. The third-order valence-electron chi connectivity index (χ3n) is 4.34. The first kappa shape index (κ1) is 17.4. The van der Waals surface area contributed by atoms with Crippen LogP contribution in [0.3, 0.4) is 0 Å². The van der Waals surface area contributed by atoms with Crippen LogP contribution in [-0.2, 0) is 6.61 Å². The molecular weight excluding hydrogens is 360 g/mol. The number of ketones is 1. The van der Waals surface area contributed by atoms with Gasteiger partial charge in [-0.05, 0) is 48.4 Å². The Bertz CT molecular complexity index is 1020. The number of hydrogen-bond acceptors (Lipinski definition) is 3. The molecule has 27 heavy (non-hydrogen) atoms. The predicted molar refractivity (Wildman–Crippen MR) is 106 cm³/mol. The van der Waals surface area contributed by atoms with Gasteiger partial charge in [0.15, 0.2) is 5.76 Å². The van der Waals surface area contributed by atoms with Crippen LogP contribution < -0.4 is 9.47 Å². The minimum absolute atomic E-state index is 0.116. The van der Waals surface area contributed by atoms with Gasteiger partial charge in [-0.2, -0.15) is 0 Å². The lowest BCUT2D eigenvalue weighted by Gasteiger charge is -2.07. The fourth-order valence-corrected chi connectivity index (χ4v) is 2.94. The molecule has 3 aromatic rings. The Morgan fingerprint density at radius 3 is 2.48 bits per heavy atom. The van der Waals surface area contributed by atoms with E-state index in [1.165, 1.54) is 5.56 Å². The molecule has 4 heteroatoms. The van der Waals surface area contributed by atoms with Gasteiger partial charge in [0.2, 0.25) is 5.78 Å². The molecule has 1 heterocycles. The van der Waals surface area contributed by atoms with Crippen molar-refractivity contribution in [2.75, 3.05) is 0 Å². The molecule has 0 N–H and O–H groups in total. The third kappa shape index (κ3) is 3.88. The van der Waals surface area contributed by atoms with Gasteiger partial charge in [-0.25, -0.2) is 0 Å². The summed E-state index contributed by atoms with van der Waals surface area (Å²) in [7, 11) is 0. The lowest BCUT2D eigenvalue weighted by molar-refractivity contribution is 0.101. The summed E-state index contributed by atoms with van der Waals surface area (Å²) in [6.07, 6.45) is 1.76. The topological polar surface area (TPSA) is 35.5 Å². The molecule has 0 aliphatic carbocycles. The van der Waals surface area contributed by atoms with Crippen molar-refractivity contribution >= 4 is 23.5 Å². The molecule has 0 saturated heterocycles. The first-order valence-electron chi connectivity index (χ1n) is 8.61. The predicted octanol–water partition coefficient (Wildman–Crippen LogP) is 5.84. The van der Waals surface area contributed by atoms with E-state index in [4.69, 9.17) is 21.1 Å². The smallest absolute Gasteiger partial charge is 0.231 e. The van der Waals surface area contributed by atoms with Crippen LogP contribution in [0, 0.1) is 6.92 Å². The molecule has 1 aliphatic heterocycles. The highest BCUT2D eigenvalue weighted by Gasteiger charge is 2.27. The highest BCUT2D eigenvalue weighted by atomic mass is 35.5. The summed E-state index contributed by atoms with van der Waals surface area (Å²) < 4.78 is 11.6. The monoisotopic (exact) mass is 376 g/mol. The quantitative estimate of drug-likeness (QED) is 0.536. The van der Waals surface area contributed by atoms with Crippen LogP contribution in [0.2, 0.25) is 5.02 Å². The molecule has 3 nitrogen and oxygen atoms in total. The first-order valence-corrected chi connectivity index (χ1v) is 8.98. The van der Waals surface area contributed by atoms with Crippen LogP contribution in [0.25, 0.3) is 6.08 Å². The molecule has 4 rings (SSSR count). The van der Waals surface area contributed by atoms with Gasteiger partial charge in [-0.15, -0.1) is 0 Å². The van der Waals surface area contributed by atoms with Crippen molar-refractivity contribution in [2.24, 2.45) is 0 Å². The SMILES string of the molecule is Cc1ccc(/C=C2\Oc3cc(OCc4ccc(Cl)cc4)ccc3C2=O)cc1. The summed E-state index contributed by atoms with van der Waals surface area (Å²) in [6.45, 7) is 2.44. The number of fused-ring (bicyclic) bond motifs is 1. The van der Waals surface area contributed by atoms with E-state index in [1.807, 2.05) is 55.5 Å². The molecule has 0 fully saturated rings. The number of aryl methyl sites for hydroxylation is 1. The Balaban J connectivity index is 1.50. The van der Waals surface area contributed by atoms with Crippen LogP contribution in [0.5, 0.6) is 11.5 Å². The van der Waals surface area contributed by atoms with E-state index in [0.29, 0.717) is 34.5 Å². The zero-order valence-electron chi connectivity index (χ0n) is 14.7. The van der Waals surface area contributed by atoms with E-state index in [-0.39, 0.29) is 5.78 Å². The Hall–Kier alpha value is -3.04. The van der Waals surface area contributed by atoms with Gasteiger partial charge in [0.1, 0.15) is 18.1 Å². The second-order valence-electron chi connectivity index (χ2n) is 6.42. The number of carbonyl (C=O) groups excluding carboxylic acids is 1. The maximum atomic E-state index is 12.5. The molecule has 0 saturated carbocycles. The second-order valence-corrected chi connectivity index (χ2v) is 6.86. The molecule has 0 bridgehead atoms. The normalized spacial score (nSPS) is 14.1. The zero-order chi connectivity index (χ0) is 18.8. The van der Waals surface area contributed by atoms with E-state index in [0.717, 1.165) is 11.1 Å². The van der Waals surface area contributed by atoms with Gasteiger partial charge in [0.05, 0.1) is 5.56 Å². The third-order valence-corrected chi connectivity index (χ3v) is 4.59. The number of hydrogen-bond donors (Lipinski definition) is 0.